The molecule has 0 bridgehead atoms. The highest BCUT2D eigenvalue weighted by atomic mass is 19.1. The summed E-state index contributed by atoms with van der Waals surface area (Å²) in [6, 6.07) is 3.14. The van der Waals surface area contributed by atoms with Crippen LogP contribution in [0.25, 0.3) is 0 Å². The molecular formula is C19H25FO2. The minimum absolute atomic E-state index is 0.193. The largest absolute Gasteiger partial charge is 0.493 e. The first-order chi connectivity index (χ1) is 10.5. The Hall–Kier alpha value is -1.38. The summed E-state index contributed by atoms with van der Waals surface area (Å²) < 4.78 is 20.2. The fraction of sp³-hybridized carbons (Fsp3) is 0.632. The number of benzene rings is 1. The highest BCUT2D eigenvalue weighted by Gasteiger charge is 2.31. The van der Waals surface area contributed by atoms with Gasteiger partial charge in [0.1, 0.15) is 11.6 Å². The van der Waals surface area contributed by atoms with Crippen molar-refractivity contribution in [3.63, 3.8) is 0 Å². The molecule has 0 heterocycles. The van der Waals surface area contributed by atoms with Crippen LogP contribution in [0, 0.1) is 11.2 Å². The van der Waals surface area contributed by atoms with Crippen molar-refractivity contribution in [1.29, 1.82) is 0 Å². The lowest BCUT2D eigenvalue weighted by Gasteiger charge is -2.33. The SMILES string of the molecule is CC(=O)c1cc(C2CC2)c(OCC2(C)CCCCC2)cc1F. The zero-order valence-corrected chi connectivity index (χ0v) is 13.6. The summed E-state index contributed by atoms with van der Waals surface area (Å²) >= 11 is 0. The summed E-state index contributed by atoms with van der Waals surface area (Å²) in [4.78, 5) is 11.5. The predicted octanol–water partition coefficient (Wildman–Crippen LogP) is 5.25. The molecule has 0 aromatic heterocycles. The molecule has 0 saturated heterocycles. The Morgan fingerprint density at radius 2 is 1.95 bits per heavy atom. The third-order valence-electron chi connectivity index (χ3n) is 5.13. The van der Waals surface area contributed by atoms with Crippen LogP contribution in [0.15, 0.2) is 12.1 Å². The second-order valence-electron chi connectivity index (χ2n) is 7.36. The number of rotatable bonds is 5. The molecule has 22 heavy (non-hydrogen) atoms. The number of ketones is 1. The maximum atomic E-state index is 14.1. The molecule has 0 spiro atoms. The zero-order valence-electron chi connectivity index (χ0n) is 13.6. The van der Waals surface area contributed by atoms with E-state index >= 15 is 0 Å². The number of hydrogen-bond donors (Lipinski definition) is 0. The van der Waals surface area contributed by atoms with E-state index in [0.717, 1.165) is 18.4 Å². The molecule has 0 N–H and O–H groups in total. The molecule has 0 atom stereocenters. The Balaban J connectivity index is 1.80. The van der Waals surface area contributed by atoms with E-state index < -0.39 is 5.82 Å². The second kappa shape index (κ2) is 6.02. The molecule has 1 aromatic rings. The number of ether oxygens (including phenoxy) is 1. The Kier molecular flexibility index (Phi) is 4.24. The summed E-state index contributed by atoms with van der Waals surface area (Å²) in [5.74, 6) is 0.413. The van der Waals surface area contributed by atoms with Gasteiger partial charge in [-0.1, -0.05) is 26.2 Å². The number of halogens is 1. The van der Waals surface area contributed by atoms with Crippen molar-refractivity contribution >= 4 is 5.78 Å². The van der Waals surface area contributed by atoms with E-state index in [4.69, 9.17) is 4.74 Å². The molecule has 0 radical (unpaired) electrons. The fourth-order valence-electron chi connectivity index (χ4n) is 3.48. The second-order valence-corrected chi connectivity index (χ2v) is 7.36. The van der Waals surface area contributed by atoms with E-state index in [0.29, 0.717) is 18.3 Å². The summed E-state index contributed by atoms with van der Waals surface area (Å²) in [7, 11) is 0. The summed E-state index contributed by atoms with van der Waals surface area (Å²) in [6.45, 7) is 4.33. The zero-order chi connectivity index (χ0) is 15.7. The van der Waals surface area contributed by atoms with Crippen LogP contribution in [0.3, 0.4) is 0 Å². The van der Waals surface area contributed by atoms with Crippen molar-refractivity contribution < 1.29 is 13.9 Å². The lowest BCUT2D eigenvalue weighted by atomic mass is 9.76. The van der Waals surface area contributed by atoms with Gasteiger partial charge in [-0.25, -0.2) is 4.39 Å². The normalized spacial score (nSPS) is 20.7. The van der Waals surface area contributed by atoms with Gasteiger partial charge in [0.05, 0.1) is 12.2 Å². The van der Waals surface area contributed by atoms with Gasteiger partial charge in [0.25, 0.3) is 0 Å². The average molecular weight is 304 g/mol. The van der Waals surface area contributed by atoms with Crippen LogP contribution in [0.1, 0.15) is 80.6 Å². The Bertz CT molecular complexity index is 569. The van der Waals surface area contributed by atoms with Crippen LogP contribution in [0.4, 0.5) is 4.39 Å². The third-order valence-corrected chi connectivity index (χ3v) is 5.13. The van der Waals surface area contributed by atoms with Gasteiger partial charge in [0.15, 0.2) is 5.78 Å². The maximum absolute atomic E-state index is 14.1. The van der Waals surface area contributed by atoms with Crippen molar-refractivity contribution in [2.45, 2.75) is 64.7 Å². The van der Waals surface area contributed by atoms with Crippen molar-refractivity contribution in [2.75, 3.05) is 6.61 Å². The molecule has 2 aliphatic rings. The topological polar surface area (TPSA) is 26.3 Å². The number of carbonyl (C=O) groups is 1. The van der Waals surface area contributed by atoms with Crippen molar-refractivity contribution in [1.82, 2.24) is 0 Å². The molecule has 120 valence electrons. The lowest BCUT2D eigenvalue weighted by molar-refractivity contribution is 0.101. The van der Waals surface area contributed by atoms with Crippen LogP contribution in [0.5, 0.6) is 5.75 Å². The number of hydrogen-bond acceptors (Lipinski definition) is 2. The highest BCUT2D eigenvalue weighted by molar-refractivity contribution is 5.94. The molecule has 2 nitrogen and oxygen atoms in total. The van der Waals surface area contributed by atoms with E-state index in [1.165, 1.54) is 45.1 Å². The smallest absolute Gasteiger partial charge is 0.162 e. The van der Waals surface area contributed by atoms with Gasteiger partial charge < -0.3 is 4.74 Å². The average Bonchev–Trinajstić information content (AvgIpc) is 3.30. The van der Waals surface area contributed by atoms with Crippen molar-refractivity contribution in [2.24, 2.45) is 5.41 Å². The molecule has 2 aliphatic carbocycles. The van der Waals surface area contributed by atoms with Gasteiger partial charge >= 0.3 is 0 Å². The summed E-state index contributed by atoms with van der Waals surface area (Å²) in [6.07, 6.45) is 8.40. The highest BCUT2D eigenvalue weighted by Crippen LogP contribution is 2.46. The van der Waals surface area contributed by atoms with Crippen LogP contribution in [0.2, 0.25) is 0 Å². The van der Waals surface area contributed by atoms with Crippen LogP contribution in [-0.2, 0) is 0 Å². The first-order valence-electron chi connectivity index (χ1n) is 8.46. The maximum Gasteiger partial charge on any atom is 0.162 e. The first kappa shape index (κ1) is 15.5. The van der Waals surface area contributed by atoms with Gasteiger partial charge in [-0.3, -0.25) is 4.79 Å². The first-order valence-corrected chi connectivity index (χ1v) is 8.46. The lowest BCUT2D eigenvalue weighted by Crippen LogP contribution is -2.28. The molecule has 0 unspecified atom stereocenters. The number of carbonyl (C=O) groups excluding carboxylic acids is 1. The molecule has 2 saturated carbocycles. The van der Waals surface area contributed by atoms with Crippen LogP contribution < -0.4 is 4.74 Å². The van der Waals surface area contributed by atoms with Gasteiger partial charge in [0, 0.05) is 11.5 Å². The number of Topliss-reactive ketones (excluding diaryl/α,β-unsaturated/α-hetero) is 1. The Morgan fingerprint density at radius 1 is 1.27 bits per heavy atom. The quantitative estimate of drug-likeness (QED) is 0.694. The molecule has 0 aliphatic heterocycles. The summed E-state index contributed by atoms with van der Waals surface area (Å²) in [5.41, 5.74) is 1.42. The van der Waals surface area contributed by atoms with E-state index in [9.17, 15) is 9.18 Å². The van der Waals surface area contributed by atoms with E-state index in [2.05, 4.69) is 6.92 Å². The van der Waals surface area contributed by atoms with Gasteiger partial charge in [-0.2, -0.15) is 0 Å². The standard InChI is InChI=1S/C19H25FO2/c1-13(21)15-10-16(14-6-7-14)18(11-17(15)20)22-12-19(2)8-4-3-5-9-19/h10-11,14H,3-9,12H2,1-2H3. The Labute approximate surface area is 132 Å². The molecule has 3 rings (SSSR count). The fourth-order valence-corrected chi connectivity index (χ4v) is 3.48. The molecule has 2 fully saturated rings. The molecule has 1 aromatic carbocycles. The van der Waals surface area contributed by atoms with Crippen LogP contribution >= 0.6 is 0 Å². The van der Waals surface area contributed by atoms with E-state index in [-0.39, 0.29) is 16.8 Å². The van der Waals surface area contributed by atoms with Gasteiger partial charge in [0.2, 0.25) is 0 Å². The van der Waals surface area contributed by atoms with Crippen molar-refractivity contribution in [3.05, 3.63) is 29.1 Å². The molecular weight excluding hydrogens is 279 g/mol. The van der Waals surface area contributed by atoms with Crippen LogP contribution in [-0.4, -0.2) is 12.4 Å². The minimum atomic E-state index is -0.458. The van der Waals surface area contributed by atoms with E-state index in [1.807, 2.05) is 0 Å². The monoisotopic (exact) mass is 304 g/mol. The predicted molar refractivity (Wildman–Crippen MR) is 85.1 cm³/mol. The van der Waals surface area contributed by atoms with E-state index in [1.54, 1.807) is 6.07 Å². The van der Waals surface area contributed by atoms with Crippen molar-refractivity contribution in [3.8, 4) is 5.75 Å². The summed E-state index contributed by atoms with van der Waals surface area (Å²) in [5, 5.41) is 0. The molecule has 0 amide bonds. The minimum Gasteiger partial charge on any atom is -0.493 e. The third kappa shape index (κ3) is 3.34. The van der Waals surface area contributed by atoms with Gasteiger partial charge in [-0.15, -0.1) is 0 Å². The Morgan fingerprint density at radius 3 is 2.55 bits per heavy atom. The van der Waals surface area contributed by atoms with Gasteiger partial charge in [-0.05, 0) is 50.2 Å². The molecule has 3 heteroatoms.